The number of rotatable bonds is 7. The minimum absolute atomic E-state index is 0.0203. The van der Waals surface area contributed by atoms with Crippen LogP contribution in [-0.4, -0.2) is 65.8 Å². The van der Waals surface area contributed by atoms with Crippen molar-refractivity contribution in [1.29, 1.82) is 0 Å². The van der Waals surface area contributed by atoms with Crippen molar-refractivity contribution in [2.24, 2.45) is 5.92 Å². The smallest absolute Gasteiger partial charge is 0.246 e. The summed E-state index contributed by atoms with van der Waals surface area (Å²) in [5.74, 6) is 1.35. The zero-order valence-corrected chi connectivity index (χ0v) is 18.7. The molecular formula is C26H33N3O3. The maximum atomic E-state index is 12.8. The summed E-state index contributed by atoms with van der Waals surface area (Å²) in [6, 6.07) is 14.1. The van der Waals surface area contributed by atoms with Gasteiger partial charge in [-0.15, -0.1) is 0 Å². The number of hydrogen-bond donors (Lipinski definition) is 0. The van der Waals surface area contributed by atoms with Gasteiger partial charge in [0.25, 0.3) is 0 Å². The normalized spacial score (nSPS) is 20.1. The van der Waals surface area contributed by atoms with Crippen LogP contribution < -0.4 is 0 Å². The van der Waals surface area contributed by atoms with E-state index < -0.39 is 0 Å². The SMILES string of the molecule is O=C(/C=C/c1ccco1)N1CCC[C@@H](CCC(=O)N2CCN(Cc3ccccc3)CC2)C1. The van der Waals surface area contributed by atoms with E-state index >= 15 is 0 Å². The molecule has 2 saturated heterocycles. The Labute approximate surface area is 190 Å². The standard InChI is InChI=1S/C26H33N3O3/c30-25(28-17-15-27(16-18-28)20-22-6-2-1-3-7-22)12-10-23-8-4-14-29(21-23)26(31)13-11-24-9-5-19-32-24/h1-3,5-7,9,11,13,19,23H,4,8,10,12,14-18,20-21H2/b13-11+/t23-/m0/s1. The first-order valence-electron chi connectivity index (χ1n) is 11.7. The lowest BCUT2D eigenvalue weighted by atomic mass is 9.93. The zero-order valence-electron chi connectivity index (χ0n) is 18.7. The van der Waals surface area contributed by atoms with Crippen LogP contribution in [0.3, 0.4) is 0 Å². The molecule has 2 amide bonds. The van der Waals surface area contributed by atoms with Crippen LogP contribution in [0.4, 0.5) is 0 Å². The molecule has 0 spiro atoms. The Bertz CT molecular complexity index is 886. The van der Waals surface area contributed by atoms with Crippen molar-refractivity contribution < 1.29 is 14.0 Å². The van der Waals surface area contributed by atoms with Crippen LogP contribution in [0.25, 0.3) is 6.08 Å². The fourth-order valence-electron chi connectivity index (χ4n) is 4.63. The van der Waals surface area contributed by atoms with Crippen molar-refractivity contribution in [3.05, 3.63) is 66.1 Å². The third kappa shape index (κ3) is 6.33. The van der Waals surface area contributed by atoms with Gasteiger partial charge in [-0.25, -0.2) is 0 Å². The van der Waals surface area contributed by atoms with Crippen LogP contribution >= 0.6 is 0 Å². The summed E-state index contributed by atoms with van der Waals surface area (Å²) >= 11 is 0. The monoisotopic (exact) mass is 435 g/mol. The maximum Gasteiger partial charge on any atom is 0.246 e. The van der Waals surface area contributed by atoms with Crippen molar-refractivity contribution in [2.75, 3.05) is 39.3 Å². The molecule has 2 aliphatic heterocycles. The molecular weight excluding hydrogens is 402 g/mol. The van der Waals surface area contributed by atoms with Crippen molar-refractivity contribution >= 4 is 17.9 Å². The fraction of sp³-hybridized carbons (Fsp3) is 0.462. The Hall–Kier alpha value is -2.86. The van der Waals surface area contributed by atoms with E-state index in [1.54, 1.807) is 24.5 Å². The highest BCUT2D eigenvalue weighted by Crippen LogP contribution is 2.22. The van der Waals surface area contributed by atoms with E-state index in [9.17, 15) is 9.59 Å². The summed E-state index contributed by atoms with van der Waals surface area (Å²) in [4.78, 5) is 31.6. The number of furan rings is 1. The molecule has 1 atom stereocenters. The number of carbonyl (C=O) groups is 2. The van der Waals surface area contributed by atoms with E-state index in [4.69, 9.17) is 4.42 Å². The van der Waals surface area contributed by atoms with Gasteiger partial charge in [-0.2, -0.15) is 0 Å². The highest BCUT2D eigenvalue weighted by Gasteiger charge is 2.25. The summed E-state index contributed by atoms with van der Waals surface area (Å²) in [6.07, 6.45) is 8.42. The minimum atomic E-state index is 0.0203. The molecule has 3 heterocycles. The summed E-state index contributed by atoms with van der Waals surface area (Å²) in [5.41, 5.74) is 1.32. The Morgan fingerprint density at radius 2 is 1.78 bits per heavy atom. The molecule has 0 unspecified atom stereocenters. The molecule has 4 rings (SSSR count). The lowest BCUT2D eigenvalue weighted by Gasteiger charge is -2.36. The summed E-state index contributed by atoms with van der Waals surface area (Å²) in [5, 5.41) is 0. The summed E-state index contributed by atoms with van der Waals surface area (Å²) in [7, 11) is 0. The van der Waals surface area contributed by atoms with Gasteiger partial charge in [0.2, 0.25) is 11.8 Å². The number of hydrogen-bond acceptors (Lipinski definition) is 4. The van der Waals surface area contributed by atoms with Crippen LogP contribution in [0.2, 0.25) is 0 Å². The topological polar surface area (TPSA) is 57.0 Å². The summed E-state index contributed by atoms with van der Waals surface area (Å²) < 4.78 is 5.25. The first kappa shape index (κ1) is 22.3. The van der Waals surface area contributed by atoms with Gasteiger partial charge in [0.15, 0.2) is 0 Å². The number of piperazine rings is 1. The van der Waals surface area contributed by atoms with Crippen LogP contribution in [0.5, 0.6) is 0 Å². The largest absolute Gasteiger partial charge is 0.465 e. The molecule has 2 fully saturated rings. The molecule has 6 nitrogen and oxygen atoms in total. The van der Waals surface area contributed by atoms with Gasteiger partial charge in [0.1, 0.15) is 5.76 Å². The van der Waals surface area contributed by atoms with Crippen molar-refractivity contribution in [1.82, 2.24) is 14.7 Å². The minimum Gasteiger partial charge on any atom is -0.465 e. The van der Waals surface area contributed by atoms with Gasteiger partial charge in [-0.3, -0.25) is 14.5 Å². The zero-order chi connectivity index (χ0) is 22.2. The molecule has 1 aromatic heterocycles. The Morgan fingerprint density at radius 1 is 0.969 bits per heavy atom. The number of piperidine rings is 1. The lowest BCUT2D eigenvalue weighted by molar-refractivity contribution is -0.133. The second-order valence-corrected chi connectivity index (χ2v) is 8.82. The second-order valence-electron chi connectivity index (χ2n) is 8.82. The van der Waals surface area contributed by atoms with E-state index in [2.05, 4.69) is 29.2 Å². The third-order valence-corrected chi connectivity index (χ3v) is 6.50. The second kappa shape index (κ2) is 11.1. The Balaban J connectivity index is 1.17. The first-order chi connectivity index (χ1) is 15.7. The molecule has 1 aromatic carbocycles. The fourth-order valence-corrected chi connectivity index (χ4v) is 4.63. The predicted molar refractivity (Wildman–Crippen MR) is 125 cm³/mol. The van der Waals surface area contributed by atoms with Gasteiger partial charge in [-0.05, 0) is 49.0 Å². The highest BCUT2D eigenvalue weighted by molar-refractivity contribution is 5.91. The number of benzene rings is 1. The Morgan fingerprint density at radius 3 is 2.53 bits per heavy atom. The molecule has 32 heavy (non-hydrogen) atoms. The number of amides is 2. The molecule has 0 N–H and O–H groups in total. The Kier molecular flexibility index (Phi) is 7.77. The van der Waals surface area contributed by atoms with Crippen molar-refractivity contribution in [2.45, 2.75) is 32.2 Å². The van der Waals surface area contributed by atoms with Crippen LogP contribution in [0.15, 0.2) is 59.2 Å². The van der Waals surface area contributed by atoms with Gasteiger partial charge >= 0.3 is 0 Å². The van der Waals surface area contributed by atoms with Crippen LogP contribution in [0, 0.1) is 5.92 Å². The molecule has 0 saturated carbocycles. The van der Waals surface area contributed by atoms with Gasteiger partial charge in [-0.1, -0.05) is 30.3 Å². The molecule has 0 bridgehead atoms. The number of likely N-dealkylation sites (tertiary alicyclic amines) is 1. The maximum absolute atomic E-state index is 12.8. The van der Waals surface area contributed by atoms with E-state index in [1.807, 2.05) is 21.9 Å². The summed E-state index contributed by atoms with van der Waals surface area (Å²) in [6.45, 7) is 5.93. The number of nitrogens with zero attached hydrogens (tertiary/aromatic N) is 3. The molecule has 2 aromatic rings. The van der Waals surface area contributed by atoms with Crippen LogP contribution in [0.1, 0.15) is 37.0 Å². The molecule has 0 aliphatic carbocycles. The van der Waals surface area contributed by atoms with Crippen molar-refractivity contribution in [3.63, 3.8) is 0 Å². The molecule has 6 heteroatoms. The number of carbonyl (C=O) groups excluding carboxylic acids is 2. The molecule has 2 aliphatic rings. The van der Waals surface area contributed by atoms with E-state index in [-0.39, 0.29) is 11.8 Å². The molecule has 170 valence electrons. The first-order valence-corrected chi connectivity index (χ1v) is 11.7. The van der Waals surface area contributed by atoms with E-state index in [0.717, 1.165) is 65.1 Å². The highest BCUT2D eigenvalue weighted by atomic mass is 16.3. The van der Waals surface area contributed by atoms with E-state index in [0.29, 0.717) is 18.1 Å². The lowest BCUT2D eigenvalue weighted by Crippen LogP contribution is -2.48. The van der Waals surface area contributed by atoms with Gasteiger partial charge in [0, 0.05) is 58.3 Å². The quantitative estimate of drug-likeness (QED) is 0.623. The van der Waals surface area contributed by atoms with Crippen LogP contribution in [-0.2, 0) is 16.1 Å². The van der Waals surface area contributed by atoms with Gasteiger partial charge in [0.05, 0.1) is 6.26 Å². The van der Waals surface area contributed by atoms with E-state index in [1.165, 1.54) is 5.56 Å². The third-order valence-electron chi connectivity index (χ3n) is 6.50. The average Bonchev–Trinajstić information content (AvgIpc) is 3.36. The average molecular weight is 436 g/mol. The predicted octanol–water partition coefficient (Wildman–Crippen LogP) is 3.66. The van der Waals surface area contributed by atoms with Gasteiger partial charge < -0.3 is 14.2 Å². The molecule has 0 radical (unpaired) electrons. The van der Waals surface area contributed by atoms with Crippen molar-refractivity contribution in [3.8, 4) is 0 Å².